The number of rotatable bonds is 7. The molecule has 3 aromatic heterocycles. The summed E-state index contributed by atoms with van der Waals surface area (Å²) in [5.41, 5.74) is 1.30. The van der Waals surface area contributed by atoms with E-state index in [2.05, 4.69) is 15.3 Å². The zero-order chi connectivity index (χ0) is 28.8. The topological polar surface area (TPSA) is 127 Å². The Balaban J connectivity index is 1.73. The molecule has 0 saturated carbocycles. The second-order valence-corrected chi connectivity index (χ2v) is 12.6. The second-order valence-electron chi connectivity index (χ2n) is 10.8. The Bertz CT molecular complexity index is 1860. The van der Waals surface area contributed by atoms with Crippen molar-refractivity contribution in [3.05, 3.63) is 78.4 Å². The predicted molar refractivity (Wildman–Crippen MR) is 151 cm³/mol. The van der Waals surface area contributed by atoms with Gasteiger partial charge in [0.2, 0.25) is 0 Å². The lowest BCUT2D eigenvalue weighted by atomic mass is 9.84. The zero-order valence-corrected chi connectivity index (χ0v) is 23.2. The van der Waals surface area contributed by atoms with Crippen LogP contribution >= 0.6 is 0 Å². The van der Waals surface area contributed by atoms with Gasteiger partial charge < -0.3 is 10.4 Å². The summed E-state index contributed by atoms with van der Waals surface area (Å²) >= 11 is 0. The number of hydrogen-bond acceptors (Lipinski definition) is 7. The number of para-hydroxylation sites is 1. The number of fused-ring (bicyclic) bond motifs is 2. The summed E-state index contributed by atoms with van der Waals surface area (Å²) in [5.74, 6) is -1.09. The number of pyridine rings is 1. The molecular weight excluding hydrogens is 533 g/mol. The lowest BCUT2D eigenvalue weighted by Crippen LogP contribution is -2.36. The second kappa shape index (κ2) is 9.98. The van der Waals surface area contributed by atoms with E-state index in [1.807, 2.05) is 39.8 Å². The maximum Gasteiger partial charge on any atom is 0.305 e. The first kappa shape index (κ1) is 27.2. The first-order valence-corrected chi connectivity index (χ1v) is 14.0. The van der Waals surface area contributed by atoms with Crippen molar-refractivity contribution in [3.8, 4) is 11.4 Å². The molecule has 3 heterocycles. The predicted octanol–water partition coefficient (Wildman–Crippen LogP) is 5.63. The molecule has 0 amide bonds. The number of nitrogens with zero attached hydrogens (tertiary/aromatic N) is 4. The number of carbonyl (C=O) groups is 1. The van der Waals surface area contributed by atoms with Crippen molar-refractivity contribution < 1.29 is 22.7 Å². The summed E-state index contributed by atoms with van der Waals surface area (Å²) in [6, 6.07) is 14.3. The molecule has 5 rings (SSSR count). The Kier molecular flexibility index (Phi) is 6.79. The molecule has 1 atom stereocenters. The Labute approximate surface area is 230 Å². The average Bonchev–Trinajstić information content (AvgIpc) is 3.27. The average molecular weight is 562 g/mol. The summed E-state index contributed by atoms with van der Waals surface area (Å²) in [6.07, 6.45) is 2.15. The van der Waals surface area contributed by atoms with E-state index < -0.39 is 33.3 Å². The van der Waals surface area contributed by atoms with Gasteiger partial charge in [0.25, 0.3) is 10.0 Å². The minimum atomic E-state index is -4.09. The molecule has 0 spiro atoms. The van der Waals surface area contributed by atoms with E-state index in [4.69, 9.17) is 4.98 Å². The first-order chi connectivity index (χ1) is 18.8. The SMILES string of the molecule is Cc1ccc(S(=O)(=O)n2cc(-c3nc(N[C@H](CC(=O)O)C(C)(C)C)c4ccccc4n3)c3cc(F)cnc32)cc1. The Morgan fingerprint density at radius 3 is 2.45 bits per heavy atom. The lowest BCUT2D eigenvalue weighted by molar-refractivity contribution is -0.137. The van der Waals surface area contributed by atoms with E-state index >= 15 is 0 Å². The molecule has 0 saturated heterocycles. The number of hydrogen-bond donors (Lipinski definition) is 2. The molecule has 0 aliphatic rings. The minimum Gasteiger partial charge on any atom is -0.481 e. The number of carboxylic acid groups (broad SMARTS) is 1. The summed E-state index contributed by atoms with van der Waals surface area (Å²) in [4.78, 5) is 25.2. The summed E-state index contributed by atoms with van der Waals surface area (Å²) in [6.45, 7) is 7.63. The van der Waals surface area contributed by atoms with E-state index in [1.165, 1.54) is 24.4 Å². The van der Waals surface area contributed by atoms with Crippen molar-refractivity contribution in [2.75, 3.05) is 5.32 Å². The first-order valence-electron chi connectivity index (χ1n) is 12.6. The maximum atomic E-state index is 14.4. The van der Waals surface area contributed by atoms with Crippen LogP contribution in [0.15, 0.2) is 71.9 Å². The highest BCUT2D eigenvalue weighted by molar-refractivity contribution is 7.90. The van der Waals surface area contributed by atoms with Crippen molar-refractivity contribution in [3.63, 3.8) is 0 Å². The van der Waals surface area contributed by atoms with Crippen LogP contribution in [0, 0.1) is 18.2 Å². The van der Waals surface area contributed by atoms with Crippen molar-refractivity contribution >= 4 is 43.7 Å². The summed E-state index contributed by atoms with van der Waals surface area (Å²) in [5, 5.41) is 13.7. The smallest absolute Gasteiger partial charge is 0.305 e. The van der Waals surface area contributed by atoms with Crippen LogP contribution in [0.25, 0.3) is 33.3 Å². The highest BCUT2D eigenvalue weighted by atomic mass is 32.2. The lowest BCUT2D eigenvalue weighted by Gasteiger charge is -2.31. The molecule has 9 nitrogen and oxygen atoms in total. The largest absolute Gasteiger partial charge is 0.481 e. The molecule has 206 valence electrons. The van der Waals surface area contributed by atoms with Gasteiger partial charge in [-0.15, -0.1) is 0 Å². The third-order valence-electron chi connectivity index (χ3n) is 6.74. The van der Waals surface area contributed by atoms with Crippen LogP contribution < -0.4 is 5.32 Å². The fourth-order valence-corrected chi connectivity index (χ4v) is 5.78. The number of aryl methyl sites for hydroxylation is 1. The van der Waals surface area contributed by atoms with Gasteiger partial charge in [-0.25, -0.2) is 31.7 Å². The monoisotopic (exact) mass is 561 g/mol. The van der Waals surface area contributed by atoms with E-state index in [1.54, 1.807) is 24.3 Å². The van der Waals surface area contributed by atoms with Crippen LogP contribution in [0.2, 0.25) is 0 Å². The van der Waals surface area contributed by atoms with Gasteiger partial charge in [-0.3, -0.25) is 4.79 Å². The fraction of sp³-hybridized carbons (Fsp3) is 0.241. The molecule has 0 radical (unpaired) electrons. The minimum absolute atomic E-state index is 0.0293. The van der Waals surface area contributed by atoms with E-state index in [9.17, 15) is 22.7 Å². The summed E-state index contributed by atoms with van der Waals surface area (Å²) in [7, 11) is -4.09. The van der Waals surface area contributed by atoms with Crippen LogP contribution in [0.4, 0.5) is 10.2 Å². The van der Waals surface area contributed by atoms with Crippen molar-refractivity contribution in [2.45, 2.75) is 45.1 Å². The van der Waals surface area contributed by atoms with E-state index in [0.29, 0.717) is 16.7 Å². The van der Waals surface area contributed by atoms with Crippen LogP contribution in [-0.4, -0.2) is 44.5 Å². The Morgan fingerprint density at radius 1 is 1.07 bits per heavy atom. The standard InChI is InChI=1S/C29H28FN5O4S/c1-17-9-11-19(12-10-17)40(38,39)35-16-22(21-13-18(30)15-31-28(21)35)27-32-23-8-6-5-7-20(23)26(34-27)33-24(14-25(36)37)29(2,3)4/h5-13,15-16,24H,14H2,1-4H3,(H,36,37)(H,32,33,34)/t24-/m1/s1. The summed E-state index contributed by atoms with van der Waals surface area (Å²) < 4.78 is 42.7. The van der Waals surface area contributed by atoms with Crippen LogP contribution in [0.1, 0.15) is 32.8 Å². The van der Waals surface area contributed by atoms with E-state index in [0.717, 1.165) is 15.7 Å². The van der Waals surface area contributed by atoms with E-state index in [-0.39, 0.29) is 33.7 Å². The molecule has 0 fully saturated rings. The van der Waals surface area contributed by atoms with Crippen LogP contribution in [-0.2, 0) is 14.8 Å². The fourth-order valence-electron chi connectivity index (χ4n) is 4.46. The number of benzene rings is 2. The molecule has 0 bridgehead atoms. The molecule has 5 aromatic rings. The highest BCUT2D eigenvalue weighted by Crippen LogP contribution is 2.34. The molecule has 2 N–H and O–H groups in total. The van der Waals surface area contributed by atoms with Crippen LogP contribution in [0.3, 0.4) is 0 Å². The number of carboxylic acids is 1. The number of halogens is 1. The maximum absolute atomic E-state index is 14.4. The third kappa shape index (κ3) is 5.12. The van der Waals surface area contributed by atoms with Gasteiger partial charge in [0.05, 0.1) is 23.0 Å². The van der Waals surface area contributed by atoms with Crippen molar-refractivity contribution in [1.82, 2.24) is 18.9 Å². The van der Waals surface area contributed by atoms with Gasteiger partial charge in [0.15, 0.2) is 11.5 Å². The molecule has 0 aliphatic carbocycles. The molecule has 2 aromatic carbocycles. The Hall–Kier alpha value is -4.38. The molecular formula is C29H28FN5O4S. The highest BCUT2D eigenvalue weighted by Gasteiger charge is 2.29. The van der Waals surface area contributed by atoms with Crippen molar-refractivity contribution in [2.24, 2.45) is 5.41 Å². The van der Waals surface area contributed by atoms with Crippen LogP contribution in [0.5, 0.6) is 0 Å². The van der Waals surface area contributed by atoms with Gasteiger partial charge in [-0.1, -0.05) is 50.6 Å². The van der Waals surface area contributed by atoms with Gasteiger partial charge in [-0.05, 0) is 42.7 Å². The number of nitrogens with one attached hydrogen (secondary N) is 1. The van der Waals surface area contributed by atoms with Crippen molar-refractivity contribution in [1.29, 1.82) is 0 Å². The molecule has 0 unspecified atom stereocenters. The third-order valence-corrected chi connectivity index (χ3v) is 8.40. The van der Waals surface area contributed by atoms with Gasteiger partial charge >= 0.3 is 5.97 Å². The number of aliphatic carboxylic acids is 1. The number of anilines is 1. The molecule has 40 heavy (non-hydrogen) atoms. The quantitative estimate of drug-likeness (QED) is 0.262. The normalized spacial score (nSPS) is 13.0. The zero-order valence-electron chi connectivity index (χ0n) is 22.4. The van der Waals surface area contributed by atoms with Gasteiger partial charge in [0, 0.05) is 28.6 Å². The number of aromatic nitrogens is 4. The molecule has 0 aliphatic heterocycles. The molecule has 11 heteroatoms. The van der Waals surface area contributed by atoms with Gasteiger partial charge in [0.1, 0.15) is 11.6 Å². The van der Waals surface area contributed by atoms with Gasteiger partial charge in [-0.2, -0.15) is 0 Å². The Morgan fingerprint density at radius 2 is 1.77 bits per heavy atom.